The fourth-order valence-electron chi connectivity index (χ4n) is 3.08. The van der Waals surface area contributed by atoms with E-state index in [0.717, 1.165) is 12.3 Å². The van der Waals surface area contributed by atoms with Crippen molar-refractivity contribution < 1.29 is 4.52 Å². The molecular weight excluding hydrogens is 204 g/mol. The van der Waals surface area contributed by atoms with Crippen LogP contribution in [0.25, 0.3) is 0 Å². The summed E-state index contributed by atoms with van der Waals surface area (Å²) in [5, 5.41) is 7.28. The van der Waals surface area contributed by atoms with Gasteiger partial charge in [-0.05, 0) is 36.8 Å². The van der Waals surface area contributed by atoms with Gasteiger partial charge in [0, 0.05) is 6.04 Å². The van der Waals surface area contributed by atoms with Crippen molar-refractivity contribution in [3.63, 3.8) is 0 Å². The van der Waals surface area contributed by atoms with E-state index in [4.69, 9.17) is 10.3 Å². The number of rotatable bonds is 1. The maximum absolute atomic E-state index is 5.47. The highest BCUT2D eigenvalue weighted by atomic mass is 16.5. The molecule has 3 unspecified atom stereocenters. The minimum Gasteiger partial charge on any atom is -0.365 e. The molecule has 0 aromatic carbocycles. The molecule has 1 aromatic heterocycles. The van der Waals surface area contributed by atoms with Gasteiger partial charge in [0.05, 0.1) is 6.04 Å². The van der Waals surface area contributed by atoms with E-state index in [1.807, 2.05) is 0 Å². The van der Waals surface area contributed by atoms with Crippen molar-refractivity contribution in [3.05, 3.63) is 5.89 Å². The minimum absolute atomic E-state index is 0.212. The van der Waals surface area contributed by atoms with Gasteiger partial charge in [-0.3, -0.25) is 0 Å². The Morgan fingerprint density at radius 1 is 1.19 bits per heavy atom. The van der Waals surface area contributed by atoms with E-state index in [1.54, 1.807) is 0 Å². The van der Waals surface area contributed by atoms with Crippen molar-refractivity contribution >= 4 is 5.95 Å². The van der Waals surface area contributed by atoms with Gasteiger partial charge in [-0.25, -0.2) is 0 Å². The molecule has 2 heterocycles. The Bertz CT molecular complexity index is 365. The molecule has 3 rings (SSSR count). The van der Waals surface area contributed by atoms with E-state index in [-0.39, 0.29) is 12.0 Å². The van der Waals surface area contributed by atoms with E-state index in [9.17, 15) is 0 Å². The molecule has 1 saturated heterocycles. The summed E-state index contributed by atoms with van der Waals surface area (Å²) in [5.74, 6) is 1.74. The van der Waals surface area contributed by atoms with Crippen molar-refractivity contribution in [1.29, 1.82) is 0 Å². The van der Waals surface area contributed by atoms with Crippen LogP contribution in [-0.4, -0.2) is 16.2 Å². The van der Waals surface area contributed by atoms with Gasteiger partial charge in [-0.15, -0.1) is 0 Å². The number of nitrogens with two attached hydrogens (primary N) is 1. The normalized spacial score (nSPS) is 34.6. The first-order valence-electron chi connectivity index (χ1n) is 6.18. The maximum Gasteiger partial charge on any atom is 0.260 e. The second-order valence-corrected chi connectivity index (χ2v) is 4.94. The highest BCUT2D eigenvalue weighted by molar-refractivity contribution is 5.12. The Kier molecular flexibility index (Phi) is 2.55. The molecule has 1 aliphatic carbocycles. The minimum atomic E-state index is 0.212. The summed E-state index contributed by atoms with van der Waals surface area (Å²) in [7, 11) is 0. The molecule has 0 bridgehead atoms. The Morgan fingerprint density at radius 3 is 2.88 bits per heavy atom. The second-order valence-electron chi connectivity index (χ2n) is 4.94. The van der Waals surface area contributed by atoms with Crippen molar-refractivity contribution in [2.75, 3.05) is 5.73 Å². The first kappa shape index (κ1) is 10.1. The summed E-state index contributed by atoms with van der Waals surface area (Å²) in [4.78, 5) is 4.11. The number of piperidine rings is 1. The zero-order valence-electron chi connectivity index (χ0n) is 9.35. The summed E-state index contributed by atoms with van der Waals surface area (Å²) in [6.45, 7) is 0. The fourth-order valence-corrected chi connectivity index (χ4v) is 3.08. The van der Waals surface area contributed by atoms with Gasteiger partial charge in [0.2, 0.25) is 5.89 Å². The van der Waals surface area contributed by atoms with Crippen LogP contribution < -0.4 is 11.1 Å². The quantitative estimate of drug-likeness (QED) is 0.755. The van der Waals surface area contributed by atoms with Gasteiger partial charge in [-0.1, -0.05) is 12.8 Å². The van der Waals surface area contributed by atoms with Gasteiger partial charge >= 0.3 is 0 Å². The SMILES string of the molecule is Nc1noc(C2CCC3CCCCC3N2)n1. The molecule has 3 atom stereocenters. The zero-order valence-corrected chi connectivity index (χ0v) is 9.35. The average molecular weight is 222 g/mol. The van der Waals surface area contributed by atoms with Crippen LogP contribution in [0.2, 0.25) is 0 Å². The van der Waals surface area contributed by atoms with Crippen LogP contribution in [-0.2, 0) is 0 Å². The van der Waals surface area contributed by atoms with E-state index >= 15 is 0 Å². The third-order valence-electron chi connectivity index (χ3n) is 3.91. The summed E-state index contributed by atoms with van der Waals surface area (Å²) in [6.07, 6.45) is 7.74. The van der Waals surface area contributed by atoms with E-state index in [1.165, 1.54) is 32.1 Å². The van der Waals surface area contributed by atoms with Crippen LogP contribution in [0.15, 0.2) is 4.52 Å². The van der Waals surface area contributed by atoms with Crippen molar-refractivity contribution in [3.8, 4) is 0 Å². The van der Waals surface area contributed by atoms with Crippen LogP contribution in [0, 0.1) is 5.92 Å². The molecule has 16 heavy (non-hydrogen) atoms. The van der Waals surface area contributed by atoms with E-state index < -0.39 is 0 Å². The molecule has 2 aliphatic rings. The smallest absolute Gasteiger partial charge is 0.260 e. The maximum atomic E-state index is 5.47. The summed E-state index contributed by atoms with van der Waals surface area (Å²) < 4.78 is 5.13. The third-order valence-corrected chi connectivity index (χ3v) is 3.91. The van der Waals surface area contributed by atoms with Crippen LogP contribution in [0.3, 0.4) is 0 Å². The van der Waals surface area contributed by atoms with Crippen LogP contribution >= 0.6 is 0 Å². The Morgan fingerprint density at radius 2 is 2.06 bits per heavy atom. The van der Waals surface area contributed by atoms with Gasteiger partial charge in [0.1, 0.15) is 0 Å². The van der Waals surface area contributed by atoms with Crippen LogP contribution in [0.1, 0.15) is 50.5 Å². The lowest BCUT2D eigenvalue weighted by atomic mass is 9.78. The molecule has 0 radical (unpaired) electrons. The molecule has 1 aliphatic heterocycles. The number of nitrogens with one attached hydrogen (secondary N) is 1. The van der Waals surface area contributed by atoms with Gasteiger partial charge in [0.15, 0.2) is 0 Å². The highest BCUT2D eigenvalue weighted by Gasteiger charge is 2.34. The number of fused-ring (bicyclic) bond motifs is 1. The van der Waals surface area contributed by atoms with E-state index in [0.29, 0.717) is 11.9 Å². The molecule has 0 spiro atoms. The first-order valence-corrected chi connectivity index (χ1v) is 6.18. The third kappa shape index (κ3) is 1.80. The van der Waals surface area contributed by atoms with Gasteiger partial charge < -0.3 is 15.6 Å². The number of nitrogen functional groups attached to an aromatic ring is 1. The summed E-state index contributed by atoms with van der Waals surface area (Å²) in [5.41, 5.74) is 5.47. The number of aromatic nitrogens is 2. The number of hydrogen-bond donors (Lipinski definition) is 2. The van der Waals surface area contributed by atoms with Crippen molar-refractivity contribution in [2.45, 2.75) is 50.6 Å². The molecule has 3 N–H and O–H groups in total. The van der Waals surface area contributed by atoms with E-state index in [2.05, 4.69) is 15.5 Å². The number of hydrogen-bond acceptors (Lipinski definition) is 5. The topological polar surface area (TPSA) is 77.0 Å². The molecule has 2 fully saturated rings. The number of anilines is 1. The number of nitrogens with zero attached hydrogens (tertiary/aromatic N) is 2. The predicted octanol–water partition coefficient (Wildman–Crippen LogP) is 1.64. The molecule has 0 amide bonds. The van der Waals surface area contributed by atoms with Crippen molar-refractivity contribution in [1.82, 2.24) is 15.5 Å². The lowest BCUT2D eigenvalue weighted by molar-refractivity contribution is 0.158. The molecule has 88 valence electrons. The molecule has 1 aromatic rings. The lowest BCUT2D eigenvalue weighted by Crippen LogP contribution is -2.44. The predicted molar refractivity (Wildman–Crippen MR) is 59.6 cm³/mol. The summed E-state index contributed by atoms with van der Waals surface area (Å²) >= 11 is 0. The van der Waals surface area contributed by atoms with Gasteiger partial charge in [0.25, 0.3) is 5.95 Å². The second kappa shape index (κ2) is 4.05. The fraction of sp³-hybridized carbons (Fsp3) is 0.818. The molecule has 1 saturated carbocycles. The average Bonchev–Trinajstić information content (AvgIpc) is 2.75. The summed E-state index contributed by atoms with van der Waals surface area (Å²) in [6, 6.07) is 0.852. The Balaban J connectivity index is 1.70. The van der Waals surface area contributed by atoms with Gasteiger partial charge in [-0.2, -0.15) is 4.98 Å². The largest absolute Gasteiger partial charge is 0.365 e. The van der Waals surface area contributed by atoms with Crippen LogP contribution in [0.4, 0.5) is 5.95 Å². The van der Waals surface area contributed by atoms with Crippen molar-refractivity contribution in [2.24, 2.45) is 5.92 Å². The zero-order chi connectivity index (χ0) is 11.0. The monoisotopic (exact) mass is 222 g/mol. The Labute approximate surface area is 94.8 Å². The molecule has 5 nitrogen and oxygen atoms in total. The molecule has 5 heteroatoms. The Hall–Kier alpha value is -1.10. The standard InChI is InChI=1S/C11H18N4O/c12-11-14-10(16-15-11)9-6-5-7-3-1-2-4-8(7)13-9/h7-9,13H,1-6H2,(H2,12,15). The van der Waals surface area contributed by atoms with Crippen LogP contribution in [0.5, 0.6) is 0 Å². The lowest BCUT2D eigenvalue weighted by Gasteiger charge is -2.39. The molecular formula is C11H18N4O. The highest BCUT2D eigenvalue weighted by Crippen LogP contribution is 2.36. The first-order chi connectivity index (χ1) is 7.83.